The van der Waals surface area contributed by atoms with Gasteiger partial charge in [0.2, 0.25) is 0 Å². The van der Waals surface area contributed by atoms with Crippen molar-refractivity contribution in [3.05, 3.63) is 29.3 Å². The maximum atomic E-state index is 5.97. The molecular formula is C16H25NO. The zero-order valence-corrected chi connectivity index (χ0v) is 11.7. The number of para-hydroxylation sites is 1. The highest BCUT2D eigenvalue weighted by Crippen LogP contribution is 2.22. The van der Waals surface area contributed by atoms with Gasteiger partial charge in [-0.15, -0.1) is 0 Å². The van der Waals surface area contributed by atoms with E-state index >= 15 is 0 Å². The molecule has 2 rings (SSSR count). The summed E-state index contributed by atoms with van der Waals surface area (Å²) in [4.78, 5) is 2.54. The SMILES string of the molecule is Cc1cccc(C)c1OCCN1CCCCCC1. The van der Waals surface area contributed by atoms with Crippen molar-refractivity contribution in [2.45, 2.75) is 39.5 Å². The van der Waals surface area contributed by atoms with Crippen LogP contribution >= 0.6 is 0 Å². The number of aryl methyl sites for hydroxylation is 2. The van der Waals surface area contributed by atoms with E-state index in [9.17, 15) is 0 Å². The molecule has 2 nitrogen and oxygen atoms in total. The molecule has 0 N–H and O–H groups in total. The van der Waals surface area contributed by atoms with E-state index in [-0.39, 0.29) is 0 Å². The van der Waals surface area contributed by atoms with Crippen LogP contribution in [0.5, 0.6) is 5.75 Å². The molecule has 0 unspecified atom stereocenters. The van der Waals surface area contributed by atoms with Crippen molar-refractivity contribution in [1.29, 1.82) is 0 Å². The molecule has 1 aromatic carbocycles. The summed E-state index contributed by atoms with van der Waals surface area (Å²) in [6.07, 6.45) is 5.50. The van der Waals surface area contributed by atoms with Crippen molar-refractivity contribution < 1.29 is 4.74 Å². The van der Waals surface area contributed by atoms with Crippen LogP contribution in [0.2, 0.25) is 0 Å². The zero-order valence-electron chi connectivity index (χ0n) is 11.7. The molecule has 1 fully saturated rings. The first-order valence-corrected chi connectivity index (χ1v) is 7.19. The van der Waals surface area contributed by atoms with E-state index in [2.05, 4.69) is 36.9 Å². The molecule has 2 heteroatoms. The molecule has 1 saturated heterocycles. The van der Waals surface area contributed by atoms with E-state index in [0.29, 0.717) is 0 Å². The van der Waals surface area contributed by atoms with Crippen LogP contribution in [0.25, 0.3) is 0 Å². The van der Waals surface area contributed by atoms with E-state index in [0.717, 1.165) is 18.9 Å². The van der Waals surface area contributed by atoms with Crippen molar-refractivity contribution in [3.8, 4) is 5.75 Å². The van der Waals surface area contributed by atoms with Crippen molar-refractivity contribution in [2.24, 2.45) is 0 Å². The molecule has 0 aromatic heterocycles. The number of benzene rings is 1. The van der Waals surface area contributed by atoms with Crippen molar-refractivity contribution in [2.75, 3.05) is 26.2 Å². The van der Waals surface area contributed by atoms with Crippen LogP contribution in [-0.4, -0.2) is 31.1 Å². The molecule has 18 heavy (non-hydrogen) atoms. The van der Waals surface area contributed by atoms with E-state index in [1.807, 2.05) is 0 Å². The Kier molecular flexibility index (Phi) is 5.06. The van der Waals surface area contributed by atoms with Gasteiger partial charge in [-0.05, 0) is 50.9 Å². The number of rotatable bonds is 4. The first-order valence-electron chi connectivity index (χ1n) is 7.19. The summed E-state index contributed by atoms with van der Waals surface area (Å²) >= 11 is 0. The van der Waals surface area contributed by atoms with Crippen LogP contribution in [-0.2, 0) is 0 Å². The third-order valence-corrected chi connectivity index (χ3v) is 3.76. The molecule has 0 bridgehead atoms. The Bertz CT molecular complexity index is 347. The Morgan fingerprint density at radius 1 is 1.00 bits per heavy atom. The average Bonchev–Trinajstić information content (AvgIpc) is 2.61. The standard InChI is InChI=1S/C16H25NO/c1-14-8-7-9-15(2)16(14)18-13-12-17-10-5-3-4-6-11-17/h7-9H,3-6,10-13H2,1-2H3. The summed E-state index contributed by atoms with van der Waals surface area (Å²) in [5, 5.41) is 0. The van der Waals surface area contributed by atoms with Gasteiger partial charge in [0.25, 0.3) is 0 Å². The van der Waals surface area contributed by atoms with Gasteiger partial charge in [0.05, 0.1) is 0 Å². The van der Waals surface area contributed by atoms with E-state index < -0.39 is 0 Å². The van der Waals surface area contributed by atoms with Crippen molar-refractivity contribution in [1.82, 2.24) is 4.90 Å². The molecule has 1 aliphatic heterocycles. The van der Waals surface area contributed by atoms with Crippen LogP contribution in [0.3, 0.4) is 0 Å². The predicted molar refractivity (Wildman–Crippen MR) is 76.3 cm³/mol. The zero-order chi connectivity index (χ0) is 12.8. The summed E-state index contributed by atoms with van der Waals surface area (Å²) in [5.74, 6) is 1.08. The summed E-state index contributed by atoms with van der Waals surface area (Å²) < 4.78 is 5.97. The summed E-state index contributed by atoms with van der Waals surface area (Å²) in [7, 11) is 0. The summed E-state index contributed by atoms with van der Waals surface area (Å²) in [5.41, 5.74) is 2.48. The lowest BCUT2D eigenvalue weighted by atomic mass is 10.1. The summed E-state index contributed by atoms with van der Waals surface area (Å²) in [6, 6.07) is 6.33. The first kappa shape index (κ1) is 13.4. The van der Waals surface area contributed by atoms with Gasteiger partial charge in [-0.3, -0.25) is 4.90 Å². The summed E-state index contributed by atoms with van der Waals surface area (Å²) in [6.45, 7) is 8.61. The molecule has 100 valence electrons. The molecule has 0 radical (unpaired) electrons. The van der Waals surface area contributed by atoms with Gasteiger partial charge in [-0.1, -0.05) is 31.0 Å². The number of hydrogen-bond acceptors (Lipinski definition) is 2. The normalized spacial score (nSPS) is 17.4. The molecule has 1 aliphatic rings. The van der Waals surface area contributed by atoms with Crippen LogP contribution in [0.4, 0.5) is 0 Å². The smallest absolute Gasteiger partial charge is 0.125 e. The van der Waals surface area contributed by atoms with Crippen molar-refractivity contribution >= 4 is 0 Å². The minimum absolute atomic E-state index is 0.811. The fourth-order valence-corrected chi connectivity index (χ4v) is 2.66. The van der Waals surface area contributed by atoms with Crippen molar-refractivity contribution in [3.63, 3.8) is 0 Å². The fourth-order valence-electron chi connectivity index (χ4n) is 2.66. The molecule has 0 amide bonds. The van der Waals surface area contributed by atoms with Gasteiger partial charge in [0.1, 0.15) is 12.4 Å². The van der Waals surface area contributed by atoms with Crippen LogP contribution in [0.1, 0.15) is 36.8 Å². The molecular weight excluding hydrogens is 222 g/mol. The quantitative estimate of drug-likeness (QED) is 0.806. The van der Waals surface area contributed by atoms with Crippen LogP contribution < -0.4 is 4.74 Å². The lowest BCUT2D eigenvalue weighted by Gasteiger charge is -2.20. The average molecular weight is 247 g/mol. The van der Waals surface area contributed by atoms with Crippen LogP contribution in [0.15, 0.2) is 18.2 Å². The van der Waals surface area contributed by atoms with Gasteiger partial charge >= 0.3 is 0 Å². The Morgan fingerprint density at radius 3 is 2.22 bits per heavy atom. The Morgan fingerprint density at radius 2 is 1.61 bits per heavy atom. The second kappa shape index (κ2) is 6.79. The Hall–Kier alpha value is -1.02. The topological polar surface area (TPSA) is 12.5 Å². The third kappa shape index (κ3) is 3.74. The number of ether oxygens (including phenoxy) is 1. The highest BCUT2D eigenvalue weighted by molar-refractivity contribution is 5.39. The third-order valence-electron chi connectivity index (χ3n) is 3.76. The highest BCUT2D eigenvalue weighted by atomic mass is 16.5. The van der Waals surface area contributed by atoms with Gasteiger partial charge in [0.15, 0.2) is 0 Å². The molecule has 0 saturated carbocycles. The second-order valence-corrected chi connectivity index (χ2v) is 5.33. The molecule has 1 heterocycles. The minimum Gasteiger partial charge on any atom is -0.492 e. The molecule has 0 spiro atoms. The van der Waals surface area contributed by atoms with Gasteiger partial charge < -0.3 is 4.74 Å². The highest BCUT2D eigenvalue weighted by Gasteiger charge is 2.09. The minimum atomic E-state index is 0.811. The Balaban J connectivity index is 1.80. The van der Waals surface area contributed by atoms with Gasteiger partial charge in [0, 0.05) is 6.54 Å². The Labute approximate surface area is 111 Å². The van der Waals surface area contributed by atoms with E-state index in [4.69, 9.17) is 4.74 Å². The maximum absolute atomic E-state index is 5.97. The molecule has 1 aromatic rings. The maximum Gasteiger partial charge on any atom is 0.125 e. The number of nitrogens with zero attached hydrogens (tertiary/aromatic N) is 1. The lowest BCUT2D eigenvalue weighted by Crippen LogP contribution is -2.29. The first-order chi connectivity index (χ1) is 8.77. The molecule has 0 atom stereocenters. The molecule has 0 aliphatic carbocycles. The second-order valence-electron chi connectivity index (χ2n) is 5.33. The van der Waals surface area contributed by atoms with Crippen LogP contribution in [0, 0.1) is 13.8 Å². The number of likely N-dealkylation sites (tertiary alicyclic amines) is 1. The lowest BCUT2D eigenvalue weighted by molar-refractivity contribution is 0.212. The van der Waals surface area contributed by atoms with E-state index in [1.165, 1.54) is 49.9 Å². The fraction of sp³-hybridized carbons (Fsp3) is 0.625. The van der Waals surface area contributed by atoms with E-state index in [1.54, 1.807) is 0 Å². The number of hydrogen-bond donors (Lipinski definition) is 0. The van der Waals surface area contributed by atoms with Gasteiger partial charge in [-0.25, -0.2) is 0 Å². The predicted octanol–water partition coefficient (Wildman–Crippen LogP) is 3.56. The monoisotopic (exact) mass is 247 g/mol. The largest absolute Gasteiger partial charge is 0.492 e. The van der Waals surface area contributed by atoms with Gasteiger partial charge in [-0.2, -0.15) is 0 Å².